The number of hydrogen-bond acceptors (Lipinski definition) is 4. The number of carbonyl (C=O) groups excluding carboxylic acids is 1. The van der Waals surface area contributed by atoms with Crippen molar-refractivity contribution >= 4 is 40.0 Å². The summed E-state index contributed by atoms with van der Waals surface area (Å²) in [4.78, 5) is 12.6. The standard InChI is InChI=1S/C23H21ClN4OS/c1-15(19-9-5-7-16-6-3-4-8-20(16)19)25-21(29)14-30-23-27-26-22(28(23)2)17-10-12-18(24)13-11-17/h3-13,15H,14H2,1-2H3,(H,25,29). The van der Waals surface area contributed by atoms with Crippen LogP contribution in [0.15, 0.2) is 71.9 Å². The second-order valence-corrected chi connectivity index (χ2v) is 8.40. The average molecular weight is 437 g/mol. The van der Waals surface area contributed by atoms with E-state index in [9.17, 15) is 4.79 Å². The topological polar surface area (TPSA) is 59.8 Å². The molecule has 1 N–H and O–H groups in total. The first kappa shape index (κ1) is 20.4. The number of aromatic nitrogens is 3. The Bertz CT molecular complexity index is 1180. The highest BCUT2D eigenvalue weighted by atomic mass is 35.5. The Morgan fingerprint density at radius 1 is 1.07 bits per heavy atom. The summed E-state index contributed by atoms with van der Waals surface area (Å²) in [5.74, 6) is 0.956. The van der Waals surface area contributed by atoms with Gasteiger partial charge >= 0.3 is 0 Å². The van der Waals surface area contributed by atoms with Crippen LogP contribution in [0.5, 0.6) is 0 Å². The Morgan fingerprint density at radius 2 is 1.80 bits per heavy atom. The van der Waals surface area contributed by atoms with Gasteiger partial charge in [-0.1, -0.05) is 65.8 Å². The number of benzene rings is 3. The first-order chi connectivity index (χ1) is 14.5. The van der Waals surface area contributed by atoms with Crippen molar-refractivity contribution in [2.24, 2.45) is 7.05 Å². The lowest BCUT2D eigenvalue weighted by Crippen LogP contribution is -2.28. The number of nitrogens with zero attached hydrogens (tertiary/aromatic N) is 3. The number of halogens is 1. The van der Waals surface area contributed by atoms with Crippen molar-refractivity contribution in [3.8, 4) is 11.4 Å². The van der Waals surface area contributed by atoms with Crippen LogP contribution in [0.25, 0.3) is 22.2 Å². The Labute approximate surface area is 184 Å². The van der Waals surface area contributed by atoms with Crippen LogP contribution < -0.4 is 5.32 Å². The van der Waals surface area contributed by atoms with Crippen molar-refractivity contribution in [1.29, 1.82) is 0 Å². The Morgan fingerprint density at radius 3 is 2.60 bits per heavy atom. The highest BCUT2D eigenvalue weighted by molar-refractivity contribution is 7.99. The van der Waals surface area contributed by atoms with Crippen LogP contribution in [0, 0.1) is 0 Å². The largest absolute Gasteiger partial charge is 0.349 e. The minimum absolute atomic E-state index is 0.0449. The Hall–Kier alpha value is -2.83. The number of rotatable bonds is 6. The molecular weight excluding hydrogens is 416 g/mol. The van der Waals surface area contributed by atoms with Crippen molar-refractivity contribution in [2.75, 3.05) is 5.75 Å². The molecule has 0 saturated carbocycles. The zero-order valence-corrected chi connectivity index (χ0v) is 18.2. The monoisotopic (exact) mass is 436 g/mol. The van der Waals surface area contributed by atoms with Gasteiger partial charge in [0.25, 0.3) is 0 Å². The third-order valence-corrected chi connectivity index (χ3v) is 6.21. The predicted octanol–water partition coefficient (Wildman–Crippen LogP) is 5.26. The summed E-state index contributed by atoms with van der Waals surface area (Å²) in [6.07, 6.45) is 0. The zero-order chi connectivity index (χ0) is 21.1. The average Bonchev–Trinajstić information content (AvgIpc) is 3.12. The van der Waals surface area contributed by atoms with E-state index in [1.54, 1.807) is 0 Å². The molecule has 0 saturated heterocycles. The molecule has 5 nitrogen and oxygen atoms in total. The summed E-state index contributed by atoms with van der Waals surface area (Å²) < 4.78 is 1.88. The van der Waals surface area contributed by atoms with Gasteiger partial charge in [-0.3, -0.25) is 4.79 Å². The van der Waals surface area contributed by atoms with Gasteiger partial charge in [0.05, 0.1) is 11.8 Å². The lowest BCUT2D eigenvalue weighted by molar-refractivity contribution is -0.119. The van der Waals surface area contributed by atoms with Crippen molar-refractivity contribution in [3.05, 3.63) is 77.3 Å². The maximum Gasteiger partial charge on any atom is 0.230 e. The van der Waals surface area contributed by atoms with Gasteiger partial charge in [0.15, 0.2) is 11.0 Å². The second-order valence-electron chi connectivity index (χ2n) is 7.02. The molecule has 1 heterocycles. The molecule has 0 fully saturated rings. The molecule has 4 rings (SSSR count). The third-order valence-electron chi connectivity index (χ3n) is 4.94. The molecule has 0 aliphatic rings. The van der Waals surface area contributed by atoms with Gasteiger partial charge in [0.2, 0.25) is 5.91 Å². The molecular formula is C23H21ClN4OS. The zero-order valence-electron chi connectivity index (χ0n) is 16.7. The van der Waals surface area contributed by atoms with E-state index in [1.807, 2.05) is 61.0 Å². The number of fused-ring (bicyclic) bond motifs is 1. The molecule has 1 aromatic heterocycles. The van der Waals surface area contributed by atoms with Crippen LogP contribution in [0.4, 0.5) is 0 Å². The van der Waals surface area contributed by atoms with E-state index in [4.69, 9.17) is 11.6 Å². The van der Waals surface area contributed by atoms with Crippen LogP contribution >= 0.6 is 23.4 Å². The number of hydrogen-bond donors (Lipinski definition) is 1. The summed E-state index contributed by atoms with van der Waals surface area (Å²) in [6.45, 7) is 2.01. The highest BCUT2D eigenvalue weighted by Crippen LogP contribution is 2.26. The summed E-state index contributed by atoms with van der Waals surface area (Å²) >= 11 is 7.32. The summed E-state index contributed by atoms with van der Waals surface area (Å²) in [5, 5.41) is 15.3. The van der Waals surface area contributed by atoms with Gasteiger partial charge in [0, 0.05) is 17.6 Å². The van der Waals surface area contributed by atoms with Crippen molar-refractivity contribution in [1.82, 2.24) is 20.1 Å². The fraction of sp³-hybridized carbons (Fsp3) is 0.174. The van der Waals surface area contributed by atoms with Crippen LogP contribution in [0.2, 0.25) is 5.02 Å². The minimum Gasteiger partial charge on any atom is -0.349 e. The first-order valence-corrected chi connectivity index (χ1v) is 10.9. The van der Waals surface area contributed by atoms with Crippen molar-refractivity contribution in [2.45, 2.75) is 18.1 Å². The van der Waals surface area contributed by atoms with Gasteiger partial charge in [-0.05, 0) is 47.5 Å². The summed E-state index contributed by atoms with van der Waals surface area (Å²) in [6, 6.07) is 21.7. The number of amides is 1. The fourth-order valence-electron chi connectivity index (χ4n) is 3.41. The van der Waals surface area contributed by atoms with E-state index in [0.717, 1.165) is 22.3 Å². The van der Waals surface area contributed by atoms with E-state index < -0.39 is 0 Å². The molecule has 1 unspecified atom stereocenters. The Kier molecular flexibility index (Phi) is 6.06. The van der Waals surface area contributed by atoms with Crippen molar-refractivity contribution in [3.63, 3.8) is 0 Å². The molecule has 0 bridgehead atoms. The van der Waals surface area contributed by atoms with Gasteiger partial charge < -0.3 is 9.88 Å². The third kappa shape index (κ3) is 4.35. The van der Waals surface area contributed by atoms with Gasteiger partial charge in [-0.2, -0.15) is 0 Å². The van der Waals surface area contributed by atoms with Crippen LogP contribution in [0.1, 0.15) is 18.5 Å². The molecule has 0 aliphatic carbocycles. The van der Waals surface area contributed by atoms with Gasteiger partial charge in [-0.25, -0.2) is 0 Å². The molecule has 0 spiro atoms. The maximum absolute atomic E-state index is 12.6. The number of carbonyl (C=O) groups is 1. The summed E-state index contributed by atoms with van der Waals surface area (Å²) in [7, 11) is 1.89. The second kappa shape index (κ2) is 8.90. The van der Waals surface area contributed by atoms with E-state index in [0.29, 0.717) is 10.2 Å². The normalized spacial score (nSPS) is 12.1. The first-order valence-electron chi connectivity index (χ1n) is 9.58. The minimum atomic E-state index is -0.0895. The predicted molar refractivity (Wildman–Crippen MR) is 123 cm³/mol. The quantitative estimate of drug-likeness (QED) is 0.419. The lowest BCUT2D eigenvalue weighted by atomic mass is 10.00. The van der Waals surface area contributed by atoms with E-state index in [-0.39, 0.29) is 17.7 Å². The van der Waals surface area contributed by atoms with E-state index in [1.165, 1.54) is 17.1 Å². The van der Waals surface area contributed by atoms with Crippen molar-refractivity contribution < 1.29 is 4.79 Å². The SMILES string of the molecule is CC(NC(=O)CSc1nnc(-c2ccc(Cl)cc2)n1C)c1cccc2ccccc12. The van der Waals surface area contributed by atoms with E-state index >= 15 is 0 Å². The van der Waals surface area contributed by atoms with Crippen LogP contribution in [-0.4, -0.2) is 26.4 Å². The van der Waals surface area contributed by atoms with E-state index in [2.05, 4.69) is 39.8 Å². The molecule has 1 amide bonds. The molecule has 4 aromatic rings. The number of thioether (sulfide) groups is 1. The lowest BCUT2D eigenvalue weighted by Gasteiger charge is -2.16. The molecule has 3 aromatic carbocycles. The summed E-state index contributed by atoms with van der Waals surface area (Å²) in [5.41, 5.74) is 2.03. The van der Waals surface area contributed by atoms with Gasteiger partial charge in [-0.15, -0.1) is 10.2 Å². The fourth-order valence-corrected chi connectivity index (χ4v) is 4.26. The highest BCUT2D eigenvalue weighted by Gasteiger charge is 2.15. The molecule has 0 radical (unpaired) electrons. The molecule has 30 heavy (non-hydrogen) atoms. The van der Waals surface area contributed by atoms with Gasteiger partial charge in [0.1, 0.15) is 0 Å². The molecule has 0 aliphatic heterocycles. The molecule has 152 valence electrons. The molecule has 7 heteroatoms. The molecule has 1 atom stereocenters. The maximum atomic E-state index is 12.6. The Balaban J connectivity index is 1.41. The number of nitrogens with one attached hydrogen (secondary N) is 1. The smallest absolute Gasteiger partial charge is 0.230 e. The van der Waals surface area contributed by atoms with Crippen LogP contribution in [-0.2, 0) is 11.8 Å². The van der Waals surface area contributed by atoms with Crippen LogP contribution in [0.3, 0.4) is 0 Å².